The van der Waals surface area contributed by atoms with Gasteiger partial charge in [-0.2, -0.15) is 0 Å². The van der Waals surface area contributed by atoms with Crippen LogP contribution in [0.4, 0.5) is 5.69 Å². The minimum Gasteiger partial charge on any atom is -0.381 e. The van der Waals surface area contributed by atoms with E-state index in [4.69, 9.17) is 4.74 Å². The predicted molar refractivity (Wildman–Crippen MR) is 123 cm³/mol. The number of hydrogen-bond donors (Lipinski definition) is 2. The van der Waals surface area contributed by atoms with Gasteiger partial charge in [-0.3, -0.25) is 9.59 Å². The van der Waals surface area contributed by atoms with E-state index in [0.717, 1.165) is 21.3 Å². The van der Waals surface area contributed by atoms with Crippen LogP contribution in [0, 0.1) is 12.8 Å². The number of halogens is 1. The fourth-order valence-corrected chi connectivity index (χ4v) is 3.99. The lowest BCUT2D eigenvalue weighted by atomic mass is 9.73. The smallest absolute Gasteiger partial charge is 0.251 e. The molecule has 0 unspecified atom stereocenters. The first-order valence-electron chi connectivity index (χ1n) is 10.4. The van der Waals surface area contributed by atoms with Crippen molar-refractivity contribution in [1.29, 1.82) is 0 Å². The predicted octanol–water partition coefficient (Wildman–Crippen LogP) is 4.83. The lowest BCUT2D eigenvalue weighted by molar-refractivity contribution is -0.125. The third-order valence-electron chi connectivity index (χ3n) is 5.59. The Morgan fingerprint density at radius 3 is 2.37 bits per heavy atom. The van der Waals surface area contributed by atoms with E-state index in [1.807, 2.05) is 43.3 Å². The summed E-state index contributed by atoms with van der Waals surface area (Å²) < 4.78 is 6.52. The zero-order chi connectivity index (χ0) is 21.7. The van der Waals surface area contributed by atoms with Crippen LogP contribution in [0.15, 0.2) is 46.9 Å². The van der Waals surface area contributed by atoms with Crippen LogP contribution in [0.3, 0.4) is 0 Å². The van der Waals surface area contributed by atoms with E-state index in [1.165, 1.54) is 0 Å². The number of aryl methyl sites for hydroxylation is 1. The number of ether oxygens (including phenoxy) is 1. The third kappa shape index (κ3) is 5.10. The molecule has 1 aliphatic rings. The first-order valence-corrected chi connectivity index (χ1v) is 11.2. The van der Waals surface area contributed by atoms with Crippen molar-refractivity contribution in [1.82, 2.24) is 5.32 Å². The Balaban J connectivity index is 1.80. The van der Waals surface area contributed by atoms with Crippen LogP contribution < -0.4 is 10.6 Å². The second kappa shape index (κ2) is 9.75. The van der Waals surface area contributed by atoms with E-state index >= 15 is 0 Å². The van der Waals surface area contributed by atoms with Gasteiger partial charge in [0.1, 0.15) is 0 Å². The molecule has 5 nitrogen and oxygen atoms in total. The van der Waals surface area contributed by atoms with Gasteiger partial charge in [-0.15, -0.1) is 0 Å². The molecule has 160 valence electrons. The molecule has 1 aliphatic heterocycles. The zero-order valence-electron chi connectivity index (χ0n) is 17.8. The number of benzene rings is 2. The molecule has 2 aromatic carbocycles. The molecule has 6 heteroatoms. The minimum atomic E-state index is -0.626. The van der Waals surface area contributed by atoms with E-state index in [2.05, 4.69) is 40.4 Å². The summed E-state index contributed by atoms with van der Waals surface area (Å²) in [6.07, 6.45) is 1.27. The van der Waals surface area contributed by atoms with E-state index in [0.29, 0.717) is 44.1 Å². The number of carbonyl (C=O) groups excluding carboxylic acids is 2. The average Bonchev–Trinajstić information content (AvgIpc) is 2.74. The van der Waals surface area contributed by atoms with E-state index in [1.54, 1.807) is 6.07 Å². The second-order valence-electron chi connectivity index (χ2n) is 8.29. The number of nitrogens with one attached hydrogen (secondary N) is 2. The highest BCUT2D eigenvalue weighted by Crippen LogP contribution is 2.37. The Kier molecular flexibility index (Phi) is 7.32. The largest absolute Gasteiger partial charge is 0.381 e. The van der Waals surface area contributed by atoms with Gasteiger partial charge in [0.25, 0.3) is 5.91 Å². The van der Waals surface area contributed by atoms with Gasteiger partial charge in [-0.25, -0.2) is 0 Å². The number of anilines is 1. The number of amides is 2. The zero-order valence-corrected chi connectivity index (χ0v) is 19.3. The molecule has 0 aliphatic carbocycles. The van der Waals surface area contributed by atoms with Crippen molar-refractivity contribution in [3.8, 4) is 0 Å². The molecule has 0 atom stereocenters. The topological polar surface area (TPSA) is 67.4 Å². The molecule has 1 saturated heterocycles. The van der Waals surface area contributed by atoms with Crippen molar-refractivity contribution in [2.75, 3.05) is 25.1 Å². The van der Waals surface area contributed by atoms with Crippen LogP contribution >= 0.6 is 15.9 Å². The Hall–Kier alpha value is -2.18. The average molecular weight is 473 g/mol. The standard InChI is InChI=1S/C24H29BrN2O3/c1-16(2)15-26-22(28)18-4-9-21(17(3)14-18)27-23(29)24(10-12-30-13-11-24)19-5-7-20(25)8-6-19/h4-9,14,16H,10-13,15H2,1-3H3,(H,26,28)(H,27,29). The summed E-state index contributed by atoms with van der Waals surface area (Å²) in [5.74, 6) is 0.261. The van der Waals surface area contributed by atoms with Crippen LogP contribution in [-0.2, 0) is 14.9 Å². The van der Waals surface area contributed by atoms with E-state index in [9.17, 15) is 9.59 Å². The lowest BCUT2D eigenvalue weighted by Crippen LogP contribution is -2.45. The highest BCUT2D eigenvalue weighted by atomic mass is 79.9. The van der Waals surface area contributed by atoms with Crippen LogP contribution in [0.25, 0.3) is 0 Å². The van der Waals surface area contributed by atoms with Gasteiger partial charge >= 0.3 is 0 Å². The molecule has 0 saturated carbocycles. The highest BCUT2D eigenvalue weighted by Gasteiger charge is 2.41. The quantitative estimate of drug-likeness (QED) is 0.632. The monoisotopic (exact) mass is 472 g/mol. The van der Waals surface area contributed by atoms with Crippen molar-refractivity contribution in [3.05, 3.63) is 63.6 Å². The van der Waals surface area contributed by atoms with Gasteiger partial charge in [-0.1, -0.05) is 41.9 Å². The third-order valence-corrected chi connectivity index (χ3v) is 6.11. The SMILES string of the molecule is Cc1cc(C(=O)NCC(C)C)ccc1NC(=O)C1(c2ccc(Br)cc2)CCOCC1. The first-order chi connectivity index (χ1) is 14.3. The fraction of sp³-hybridized carbons (Fsp3) is 0.417. The van der Waals surface area contributed by atoms with E-state index in [-0.39, 0.29) is 11.8 Å². The van der Waals surface area contributed by atoms with E-state index < -0.39 is 5.41 Å². The molecule has 2 amide bonds. The Labute approximate surface area is 186 Å². The maximum atomic E-state index is 13.5. The number of rotatable bonds is 6. The molecule has 0 radical (unpaired) electrons. The number of carbonyl (C=O) groups is 2. The lowest BCUT2D eigenvalue weighted by Gasteiger charge is -2.36. The highest BCUT2D eigenvalue weighted by molar-refractivity contribution is 9.10. The summed E-state index contributed by atoms with van der Waals surface area (Å²) >= 11 is 3.47. The molecular formula is C24H29BrN2O3. The normalized spacial score (nSPS) is 15.6. The summed E-state index contributed by atoms with van der Waals surface area (Å²) in [5.41, 5.74) is 2.55. The van der Waals surface area contributed by atoms with Crippen LogP contribution in [0.5, 0.6) is 0 Å². The van der Waals surface area contributed by atoms with Crippen LogP contribution in [0.1, 0.15) is 48.2 Å². The van der Waals surface area contributed by atoms with Crippen LogP contribution in [-0.4, -0.2) is 31.6 Å². The summed E-state index contributed by atoms with van der Waals surface area (Å²) in [6, 6.07) is 13.3. The fourth-order valence-electron chi connectivity index (χ4n) is 3.72. The van der Waals surface area contributed by atoms with Crippen molar-refractivity contribution in [2.45, 2.75) is 39.0 Å². The van der Waals surface area contributed by atoms with Gasteiger partial charge in [0.2, 0.25) is 5.91 Å². The summed E-state index contributed by atoms with van der Waals surface area (Å²) in [7, 11) is 0. The summed E-state index contributed by atoms with van der Waals surface area (Å²) in [6.45, 7) is 7.76. The number of hydrogen-bond acceptors (Lipinski definition) is 3. The molecule has 0 spiro atoms. The van der Waals surface area contributed by atoms with Crippen molar-refractivity contribution in [3.63, 3.8) is 0 Å². The molecule has 30 heavy (non-hydrogen) atoms. The molecule has 3 rings (SSSR count). The summed E-state index contributed by atoms with van der Waals surface area (Å²) in [5, 5.41) is 6.04. The van der Waals surface area contributed by atoms with Crippen molar-refractivity contribution in [2.24, 2.45) is 5.92 Å². The first kappa shape index (κ1) is 22.5. The molecule has 1 heterocycles. The molecule has 1 fully saturated rings. The Morgan fingerprint density at radius 2 is 1.77 bits per heavy atom. The van der Waals surface area contributed by atoms with Gasteiger partial charge in [0, 0.05) is 35.5 Å². The maximum Gasteiger partial charge on any atom is 0.251 e. The van der Waals surface area contributed by atoms with Crippen molar-refractivity contribution < 1.29 is 14.3 Å². The Morgan fingerprint density at radius 1 is 1.10 bits per heavy atom. The molecule has 0 aromatic heterocycles. The van der Waals surface area contributed by atoms with Crippen molar-refractivity contribution >= 4 is 33.4 Å². The maximum absolute atomic E-state index is 13.5. The van der Waals surface area contributed by atoms with Gasteiger partial charge < -0.3 is 15.4 Å². The molecule has 0 bridgehead atoms. The molecule has 2 aromatic rings. The molecular weight excluding hydrogens is 444 g/mol. The second-order valence-corrected chi connectivity index (χ2v) is 9.20. The minimum absolute atomic E-state index is 0.0340. The summed E-state index contributed by atoms with van der Waals surface area (Å²) in [4.78, 5) is 25.8. The Bertz CT molecular complexity index is 903. The van der Waals surface area contributed by atoms with Gasteiger partial charge in [0.05, 0.1) is 5.41 Å². The van der Waals surface area contributed by atoms with Gasteiger partial charge in [0.15, 0.2) is 0 Å². The van der Waals surface area contributed by atoms with Crippen LogP contribution in [0.2, 0.25) is 0 Å². The van der Waals surface area contributed by atoms with Gasteiger partial charge in [-0.05, 0) is 67.1 Å². The molecule has 2 N–H and O–H groups in total.